The Labute approximate surface area is 125 Å². The first-order chi connectivity index (χ1) is 8.79. The van der Waals surface area contributed by atoms with E-state index in [4.69, 9.17) is 44.3 Å². The van der Waals surface area contributed by atoms with Gasteiger partial charge < -0.3 is 19.9 Å². The third-order valence-electron chi connectivity index (χ3n) is 2.22. The zero-order valence-electron chi connectivity index (χ0n) is 10.1. The van der Waals surface area contributed by atoms with Crippen LogP contribution in [0.3, 0.4) is 0 Å². The number of carbonyl (C=O) groups excluding carboxylic acids is 1. The van der Waals surface area contributed by atoms with Crippen LogP contribution in [0.4, 0.5) is 0 Å². The van der Waals surface area contributed by atoms with Gasteiger partial charge in [0, 0.05) is 5.56 Å². The van der Waals surface area contributed by atoms with Gasteiger partial charge in [0.1, 0.15) is 0 Å². The first kappa shape index (κ1) is 16.2. The standard InChI is InChI=1S/C11H12Cl3NO4/c1-18-7-4-3-6(5-8(7)19-2)9(16)15-10(17)11(12,13)14/h3-5,10,17H,1-2H3,(H,15,16)/t10-/m0/s1. The molecule has 0 heterocycles. The number of hydrogen-bond donors (Lipinski definition) is 2. The maximum Gasteiger partial charge on any atom is 0.253 e. The Balaban J connectivity index is 2.89. The van der Waals surface area contributed by atoms with Crippen LogP contribution < -0.4 is 14.8 Å². The number of alkyl halides is 3. The Hall–Kier alpha value is -0.880. The summed E-state index contributed by atoms with van der Waals surface area (Å²) in [5.41, 5.74) is 0.228. The van der Waals surface area contributed by atoms with E-state index in [-0.39, 0.29) is 5.56 Å². The summed E-state index contributed by atoms with van der Waals surface area (Å²) < 4.78 is 8.08. The van der Waals surface area contributed by atoms with Crippen molar-refractivity contribution >= 4 is 40.7 Å². The minimum absolute atomic E-state index is 0.228. The van der Waals surface area contributed by atoms with Crippen molar-refractivity contribution in [1.82, 2.24) is 5.32 Å². The summed E-state index contributed by atoms with van der Waals surface area (Å²) in [5, 5.41) is 11.6. The average Bonchev–Trinajstić information content (AvgIpc) is 2.36. The molecular formula is C11H12Cl3NO4. The predicted molar refractivity (Wildman–Crippen MR) is 73.3 cm³/mol. The number of aliphatic hydroxyl groups is 1. The first-order valence-corrected chi connectivity index (χ1v) is 6.20. The van der Waals surface area contributed by atoms with Gasteiger partial charge in [-0.1, -0.05) is 34.8 Å². The van der Waals surface area contributed by atoms with Crippen molar-refractivity contribution in [3.8, 4) is 11.5 Å². The summed E-state index contributed by atoms with van der Waals surface area (Å²) in [4.78, 5) is 11.8. The fourth-order valence-corrected chi connectivity index (χ4v) is 1.43. The Kier molecular flexibility index (Phi) is 5.55. The number of methoxy groups -OCH3 is 2. The van der Waals surface area contributed by atoms with Gasteiger partial charge in [0.15, 0.2) is 17.7 Å². The lowest BCUT2D eigenvalue weighted by atomic mass is 10.2. The number of ether oxygens (including phenoxy) is 2. The summed E-state index contributed by atoms with van der Waals surface area (Å²) in [6, 6.07) is 4.48. The van der Waals surface area contributed by atoms with E-state index >= 15 is 0 Å². The lowest BCUT2D eigenvalue weighted by Gasteiger charge is -2.20. The molecule has 0 aliphatic heterocycles. The molecule has 0 radical (unpaired) electrons. The van der Waals surface area contributed by atoms with Crippen LogP contribution in [-0.2, 0) is 0 Å². The molecular weight excluding hydrogens is 316 g/mol. The van der Waals surface area contributed by atoms with Crippen LogP contribution in [0.2, 0.25) is 0 Å². The summed E-state index contributed by atoms with van der Waals surface area (Å²) in [5.74, 6) is 0.235. The van der Waals surface area contributed by atoms with Gasteiger partial charge >= 0.3 is 0 Å². The fraction of sp³-hybridized carbons (Fsp3) is 0.364. The van der Waals surface area contributed by atoms with Gasteiger partial charge in [-0.2, -0.15) is 0 Å². The quantitative estimate of drug-likeness (QED) is 0.656. The van der Waals surface area contributed by atoms with Crippen molar-refractivity contribution in [2.75, 3.05) is 14.2 Å². The monoisotopic (exact) mass is 327 g/mol. The summed E-state index contributed by atoms with van der Waals surface area (Å²) in [6.07, 6.45) is -1.63. The molecule has 0 aliphatic rings. The average molecular weight is 329 g/mol. The predicted octanol–water partition coefficient (Wildman–Crippen LogP) is 2.12. The van der Waals surface area contributed by atoms with E-state index < -0.39 is 15.9 Å². The molecule has 1 amide bonds. The maximum absolute atomic E-state index is 11.8. The van der Waals surface area contributed by atoms with Crippen LogP contribution in [-0.4, -0.2) is 35.3 Å². The van der Waals surface area contributed by atoms with E-state index in [1.54, 1.807) is 6.07 Å². The van der Waals surface area contributed by atoms with Gasteiger partial charge in [-0.3, -0.25) is 4.79 Å². The van der Waals surface area contributed by atoms with Crippen molar-refractivity contribution in [2.45, 2.75) is 10.0 Å². The zero-order chi connectivity index (χ0) is 14.6. The smallest absolute Gasteiger partial charge is 0.253 e. The zero-order valence-corrected chi connectivity index (χ0v) is 12.4. The van der Waals surface area contributed by atoms with Crippen molar-refractivity contribution in [1.29, 1.82) is 0 Å². The molecule has 0 saturated heterocycles. The molecule has 19 heavy (non-hydrogen) atoms. The van der Waals surface area contributed by atoms with Crippen LogP contribution in [0.15, 0.2) is 18.2 Å². The number of carbonyl (C=O) groups is 1. The molecule has 0 spiro atoms. The van der Waals surface area contributed by atoms with Crippen molar-refractivity contribution < 1.29 is 19.4 Å². The fourth-order valence-electron chi connectivity index (χ4n) is 1.27. The number of hydrogen-bond acceptors (Lipinski definition) is 4. The molecule has 2 N–H and O–H groups in total. The van der Waals surface area contributed by atoms with Gasteiger partial charge in [-0.15, -0.1) is 0 Å². The third-order valence-corrected chi connectivity index (χ3v) is 2.84. The highest BCUT2D eigenvalue weighted by molar-refractivity contribution is 6.68. The topological polar surface area (TPSA) is 67.8 Å². The van der Waals surface area contributed by atoms with Gasteiger partial charge in [0.05, 0.1) is 14.2 Å². The highest BCUT2D eigenvalue weighted by Gasteiger charge is 2.32. The molecule has 0 bridgehead atoms. The molecule has 1 atom stereocenters. The molecule has 1 aromatic carbocycles. The minimum Gasteiger partial charge on any atom is -0.493 e. The molecule has 106 valence electrons. The summed E-state index contributed by atoms with van der Waals surface area (Å²) in [6.45, 7) is 0. The van der Waals surface area contributed by atoms with Crippen molar-refractivity contribution in [2.24, 2.45) is 0 Å². The van der Waals surface area contributed by atoms with E-state index in [0.29, 0.717) is 11.5 Å². The number of halogens is 3. The Morgan fingerprint density at radius 3 is 2.32 bits per heavy atom. The van der Waals surface area contributed by atoms with Crippen molar-refractivity contribution in [3.05, 3.63) is 23.8 Å². The van der Waals surface area contributed by atoms with E-state index in [1.165, 1.54) is 26.4 Å². The Morgan fingerprint density at radius 1 is 1.26 bits per heavy atom. The molecule has 0 fully saturated rings. The van der Waals surface area contributed by atoms with Gasteiger partial charge in [-0.05, 0) is 18.2 Å². The molecule has 1 aromatic rings. The highest BCUT2D eigenvalue weighted by atomic mass is 35.6. The number of amides is 1. The largest absolute Gasteiger partial charge is 0.493 e. The van der Waals surface area contributed by atoms with E-state index in [2.05, 4.69) is 5.32 Å². The van der Waals surface area contributed by atoms with Crippen molar-refractivity contribution in [3.63, 3.8) is 0 Å². The van der Waals surface area contributed by atoms with E-state index in [0.717, 1.165) is 0 Å². The summed E-state index contributed by atoms with van der Waals surface area (Å²) >= 11 is 16.3. The molecule has 1 rings (SSSR count). The Morgan fingerprint density at radius 2 is 1.84 bits per heavy atom. The van der Waals surface area contributed by atoms with Crippen LogP contribution in [0, 0.1) is 0 Å². The maximum atomic E-state index is 11.8. The highest BCUT2D eigenvalue weighted by Crippen LogP contribution is 2.30. The second kappa shape index (κ2) is 6.52. The number of aliphatic hydroxyl groups excluding tert-OH is 1. The van der Waals surface area contributed by atoms with E-state index in [9.17, 15) is 9.90 Å². The van der Waals surface area contributed by atoms with E-state index in [1.807, 2.05) is 0 Å². The summed E-state index contributed by atoms with van der Waals surface area (Å²) in [7, 11) is 2.92. The molecule has 5 nitrogen and oxygen atoms in total. The van der Waals surface area contributed by atoms with Gasteiger partial charge in [0.25, 0.3) is 5.91 Å². The van der Waals surface area contributed by atoms with Gasteiger partial charge in [-0.25, -0.2) is 0 Å². The normalized spacial score (nSPS) is 12.7. The number of nitrogens with one attached hydrogen (secondary N) is 1. The second-order valence-electron chi connectivity index (χ2n) is 3.49. The van der Waals surface area contributed by atoms with Crippen LogP contribution >= 0.6 is 34.8 Å². The SMILES string of the molecule is COc1ccc(C(=O)N[C@@H](O)C(Cl)(Cl)Cl)cc1OC. The molecule has 0 aromatic heterocycles. The lowest BCUT2D eigenvalue weighted by molar-refractivity contribution is 0.0791. The van der Waals surface area contributed by atoms with Gasteiger partial charge in [0.2, 0.25) is 3.79 Å². The lowest BCUT2D eigenvalue weighted by Crippen LogP contribution is -2.43. The number of benzene rings is 1. The molecule has 0 aliphatic carbocycles. The van der Waals surface area contributed by atoms with Crippen LogP contribution in [0.5, 0.6) is 11.5 Å². The number of rotatable bonds is 4. The molecule has 0 saturated carbocycles. The second-order valence-corrected chi connectivity index (χ2v) is 5.86. The minimum atomic E-state index is -2.01. The van der Waals surface area contributed by atoms with Crippen LogP contribution in [0.1, 0.15) is 10.4 Å². The first-order valence-electron chi connectivity index (χ1n) is 5.07. The van der Waals surface area contributed by atoms with Crippen LogP contribution in [0.25, 0.3) is 0 Å². The molecule has 8 heteroatoms. The Bertz CT molecular complexity index is 462. The third kappa shape index (κ3) is 4.31. The molecule has 0 unspecified atom stereocenters.